The lowest BCUT2D eigenvalue weighted by atomic mass is 9.98. The number of carbonyl (C=O) groups excluding carboxylic acids is 2. The van der Waals surface area contributed by atoms with Crippen molar-refractivity contribution in [3.63, 3.8) is 0 Å². The molecule has 0 amide bonds. The maximum atomic E-state index is 12.0. The van der Waals surface area contributed by atoms with Crippen LogP contribution in [0.2, 0.25) is 0 Å². The molecule has 2 atom stereocenters. The molecular formula is C16H20O4S. The molecule has 5 heteroatoms. The highest BCUT2D eigenvalue weighted by molar-refractivity contribution is 8.00. The summed E-state index contributed by atoms with van der Waals surface area (Å²) >= 11 is 1.48. The number of methoxy groups -OCH3 is 1. The van der Waals surface area contributed by atoms with Crippen LogP contribution in [0.25, 0.3) is 0 Å². The predicted octanol–water partition coefficient (Wildman–Crippen LogP) is 2.60. The molecule has 1 saturated heterocycles. The van der Waals surface area contributed by atoms with Crippen molar-refractivity contribution < 1.29 is 19.1 Å². The number of aryl methyl sites for hydroxylation is 1. The lowest BCUT2D eigenvalue weighted by Crippen LogP contribution is -2.44. The molecule has 1 fully saturated rings. The fourth-order valence-corrected chi connectivity index (χ4v) is 3.43. The first-order valence-electron chi connectivity index (χ1n) is 6.98. The van der Waals surface area contributed by atoms with E-state index in [0.717, 1.165) is 12.8 Å². The van der Waals surface area contributed by atoms with E-state index in [-0.39, 0.29) is 18.4 Å². The van der Waals surface area contributed by atoms with Gasteiger partial charge in [-0.3, -0.25) is 9.59 Å². The molecule has 1 aliphatic rings. The zero-order chi connectivity index (χ0) is 15.3. The van der Waals surface area contributed by atoms with Crippen molar-refractivity contribution in [3.05, 3.63) is 35.9 Å². The number of hydrogen-bond donors (Lipinski definition) is 0. The molecule has 1 aromatic rings. The highest BCUT2D eigenvalue weighted by Gasteiger charge is 2.39. The number of hydrogen-bond acceptors (Lipinski definition) is 5. The summed E-state index contributed by atoms with van der Waals surface area (Å²) in [6.45, 7) is 1.95. The Morgan fingerprint density at radius 2 is 2.14 bits per heavy atom. The molecule has 0 bridgehead atoms. The summed E-state index contributed by atoms with van der Waals surface area (Å²) in [5, 5.41) is -0.442. The smallest absolute Gasteiger partial charge is 0.320 e. The largest absolute Gasteiger partial charge is 0.469 e. The first-order chi connectivity index (χ1) is 10.0. The minimum atomic E-state index is -0.468. The highest BCUT2D eigenvalue weighted by atomic mass is 32.2. The molecule has 0 aliphatic carbocycles. The summed E-state index contributed by atoms with van der Waals surface area (Å²) in [7, 11) is 1.32. The average Bonchev–Trinajstić information content (AvgIpc) is 2.49. The maximum Gasteiger partial charge on any atom is 0.320 e. The molecule has 2 unspecified atom stereocenters. The van der Waals surface area contributed by atoms with E-state index < -0.39 is 10.9 Å². The SMILES string of the molecule is COC(=O)CC1SCC(C)(CCc2ccccc2)OC1=O. The van der Waals surface area contributed by atoms with Crippen molar-refractivity contribution in [2.45, 2.75) is 37.0 Å². The van der Waals surface area contributed by atoms with E-state index in [4.69, 9.17) is 4.74 Å². The summed E-state index contributed by atoms with van der Waals surface area (Å²) in [5.41, 5.74) is 0.765. The molecule has 0 N–H and O–H groups in total. The summed E-state index contributed by atoms with van der Waals surface area (Å²) in [6.07, 6.45) is 1.72. The van der Waals surface area contributed by atoms with Gasteiger partial charge in [-0.2, -0.15) is 0 Å². The molecule has 21 heavy (non-hydrogen) atoms. The van der Waals surface area contributed by atoms with Crippen molar-refractivity contribution in [1.82, 2.24) is 0 Å². The Bertz CT molecular complexity index is 502. The number of cyclic esters (lactones) is 1. The van der Waals surface area contributed by atoms with Gasteiger partial charge in [0.15, 0.2) is 0 Å². The predicted molar refractivity (Wildman–Crippen MR) is 82.1 cm³/mol. The molecule has 0 radical (unpaired) electrons. The van der Waals surface area contributed by atoms with Crippen LogP contribution in [0, 0.1) is 0 Å². The van der Waals surface area contributed by atoms with Gasteiger partial charge in [0.05, 0.1) is 13.5 Å². The third kappa shape index (κ3) is 4.49. The van der Waals surface area contributed by atoms with Crippen LogP contribution in [-0.4, -0.2) is 35.7 Å². The third-order valence-corrected chi connectivity index (χ3v) is 5.10. The fraction of sp³-hybridized carbons (Fsp3) is 0.500. The lowest BCUT2D eigenvalue weighted by Gasteiger charge is -2.36. The molecule has 114 valence electrons. The van der Waals surface area contributed by atoms with E-state index in [1.165, 1.54) is 24.4 Å². The van der Waals surface area contributed by atoms with Crippen LogP contribution >= 0.6 is 11.8 Å². The lowest BCUT2D eigenvalue weighted by molar-refractivity contribution is -0.159. The molecule has 0 aromatic heterocycles. The van der Waals surface area contributed by atoms with Gasteiger partial charge in [0.1, 0.15) is 10.9 Å². The summed E-state index contributed by atoms with van der Waals surface area (Å²) < 4.78 is 10.2. The van der Waals surface area contributed by atoms with Gasteiger partial charge in [-0.25, -0.2) is 0 Å². The van der Waals surface area contributed by atoms with Gasteiger partial charge in [-0.15, -0.1) is 11.8 Å². The van der Waals surface area contributed by atoms with Gasteiger partial charge in [-0.1, -0.05) is 30.3 Å². The van der Waals surface area contributed by atoms with Crippen LogP contribution in [0.5, 0.6) is 0 Å². The first kappa shape index (κ1) is 15.9. The quantitative estimate of drug-likeness (QED) is 0.783. The van der Waals surface area contributed by atoms with Gasteiger partial charge in [0.2, 0.25) is 0 Å². The van der Waals surface area contributed by atoms with Gasteiger partial charge >= 0.3 is 11.9 Å². The Balaban J connectivity index is 1.88. The van der Waals surface area contributed by atoms with Gasteiger partial charge in [0.25, 0.3) is 0 Å². The van der Waals surface area contributed by atoms with Crippen molar-refractivity contribution in [3.8, 4) is 0 Å². The van der Waals surface area contributed by atoms with Crippen molar-refractivity contribution >= 4 is 23.7 Å². The Kier molecular flexibility index (Phi) is 5.28. The molecule has 1 heterocycles. The second kappa shape index (κ2) is 6.98. The van der Waals surface area contributed by atoms with E-state index in [1.54, 1.807) is 0 Å². The van der Waals surface area contributed by atoms with Crippen LogP contribution in [0.3, 0.4) is 0 Å². The molecule has 4 nitrogen and oxygen atoms in total. The van der Waals surface area contributed by atoms with Crippen molar-refractivity contribution in [2.75, 3.05) is 12.9 Å². The fourth-order valence-electron chi connectivity index (χ4n) is 2.24. The minimum absolute atomic E-state index is 0.0781. The summed E-state index contributed by atoms with van der Waals surface area (Å²) in [6, 6.07) is 10.1. The molecule has 2 rings (SSSR count). The number of benzene rings is 1. The van der Waals surface area contributed by atoms with Gasteiger partial charge < -0.3 is 9.47 Å². The number of esters is 2. The minimum Gasteiger partial charge on any atom is -0.469 e. The van der Waals surface area contributed by atoms with Crippen molar-refractivity contribution in [2.24, 2.45) is 0 Å². The summed E-state index contributed by atoms with van der Waals surface area (Å²) in [4.78, 5) is 23.3. The highest BCUT2D eigenvalue weighted by Crippen LogP contribution is 2.34. The zero-order valence-electron chi connectivity index (χ0n) is 12.3. The molecule has 1 aromatic carbocycles. The third-order valence-electron chi connectivity index (χ3n) is 3.56. The van der Waals surface area contributed by atoms with Gasteiger partial charge in [-0.05, 0) is 25.3 Å². The van der Waals surface area contributed by atoms with E-state index in [9.17, 15) is 9.59 Å². The normalized spacial score (nSPS) is 25.2. The van der Waals surface area contributed by atoms with Gasteiger partial charge in [0, 0.05) is 5.75 Å². The average molecular weight is 308 g/mol. The second-order valence-electron chi connectivity index (χ2n) is 5.44. The van der Waals surface area contributed by atoms with E-state index >= 15 is 0 Å². The maximum absolute atomic E-state index is 12.0. The topological polar surface area (TPSA) is 52.6 Å². The molecular weight excluding hydrogens is 288 g/mol. The van der Waals surface area contributed by atoms with E-state index in [1.807, 2.05) is 25.1 Å². The Morgan fingerprint density at radius 3 is 2.76 bits per heavy atom. The number of thioether (sulfide) groups is 1. The Hall–Kier alpha value is -1.49. The van der Waals surface area contributed by atoms with Crippen LogP contribution in [0.4, 0.5) is 0 Å². The van der Waals surface area contributed by atoms with Crippen LogP contribution in [-0.2, 0) is 25.5 Å². The molecule has 0 spiro atoms. The Morgan fingerprint density at radius 1 is 1.43 bits per heavy atom. The van der Waals surface area contributed by atoms with Crippen LogP contribution in [0.1, 0.15) is 25.3 Å². The van der Waals surface area contributed by atoms with Crippen molar-refractivity contribution in [1.29, 1.82) is 0 Å². The van der Waals surface area contributed by atoms with Crippen LogP contribution in [0.15, 0.2) is 30.3 Å². The second-order valence-corrected chi connectivity index (χ2v) is 6.63. The zero-order valence-corrected chi connectivity index (χ0v) is 13.2. The first-order valence-corrected chi connectivity index (χ1v) is 8.02. The van der Waals surface area contributed by atoms with E-state index in [2.05, 4.69) is 16.9 Å². The number of carbonyl (C=O) groups is 2. The summed E-state index contributed by atoms with van der Waals surface area (Å²) in [5.74, 6) is 0.0114. The molecule has 1 aliphatic heterocycles. The van der Waals surface area contributed by atoms with Crippen LogP contribution < -0.4 is 0 Å². The molecule has 0 saturated carbocycles. The van der Waals surface area contributed by atoms with E-state index in [0.29, 0.717) is 5.75 Å². The number of rotatable bonds is 5. The standard InChI is InChI=1S/C16H20O4S/c1-16(9-8-12-6-4-3-5-7-12)11-21-13(15(18)20-16)10-14(17)19-2/h3-7,13H,8-11H2,1-2H3. The number of ether oxygens (including phenoxy) is 2. The Labute approximate surface area is 129 Å². The monoisotopic (exact) mass is 308 g/mol.